The molecule has 88 valence electrons. The van der Waals surface area contributed by atoms with E-state index in [9.17, 15) is 17.8 Å². The Morgan fingerprint density at radius 1 is 1.31 bits per heavy atom. The zero-order valence-corrected chi connectivity index (χ0v) is 9.02. The van der Waals surface area contributed by atoms with Crippen molar-refractivity contribution in [2.75, 3.05) is 11.5 Å². The molecule has 0 spiro atoms. The summed E-state index contributed by atoms with van der Waals surface area (Å²) in [5, 5.41) is 0. The van der Waals surface area contributed by atoms with Crippen molar-refractivity contribution in [3.8, 4) is 0 Å². The lowest BCUT2D eigenvalue weighted by Crippen LogP contribution is -2.15. The van der Waals surface area contributed by atoms with Gasteiger partial charge in [-0.2, -0.15) is 0 Å². The molecule has 0 aliphatic carbocycles. The summed E-state index contributed by atoms with van der Waals surface area (Å²) >= 11 is 0. The topological polar surface area (TPSA) is 86.2 Å². The van der Waals surface area contributed by atoms with E-state index >= 15 is 0 Å². The van der Waals surface area contributed by atoms with Gasteiger partial charge in [-0.1, -0.05) is 0 Å². The number of primary amides is 1. The summed E-state index contributed by atoms with van der Waals surface area (Å²) in [5.74, 6) is -2.86. The third kappa shape index (κ3) is 2.99. The van der Waals surface area contributed by atoms with E-state index in [0.29, 0.717) is 0 Å². The molecule has 0 aliphatic heterocycles. The van der Waals surface area contributed by atoms with Crippen LogP contribution in [0.5, 0.6) is 0 Å². The van der Waals surface area contributed by atoms with Crippen LogP contribution < -0.4 is 11.5 Å². The molecule has 1 atom stereocenters. The summed E-state index contributed by atoms with van der Waals surface area (Å²) in [6.45, 7) is 0. The van der Waals surface area contributed by atoms with Gasteiger partial charge < -0.3 is 11.5 Å². The Morgan fingerprint density at radius 2 is 1.81 bits per heavy atom. The first-order chi connectivity index (χ1) is 7.41. The Bertz CT molecular complexity index is 428. The lowest BCUT2D eigenvalue weighted by Gasteiger charge is -2.05. The normalized spacial score (nSPS) is 12.4. The maximum atomic E-state index is 13.3. The predicted molar refractivity (Wildman–Crippen MR) is 55.9 cm³/mol. The molecule has 7 heteroatoms. The van der Waals surface area contributed by atoms with Crippen LogP contribution in [0, 0.1) is 11.6 Å². The van der Waals surface area contributed by atoms with Gasteiger partial charge in [0.15, 0.2) is 0 Å². The summed E-state index contributed by atoms with van der Waals surface area (Å²) in [6, 6.07) is 1.75. The largest absolute Gasteiger partial charge is 0.399 e. The van der Waals surface area contributed by atoms with Crippen LogP contribution in [0.1, 0.15) is 6.42 Å². The van der Waals surface area contributed by atoms with Gasteiger partial charge in [-0.05, 0) is 12.1 Å². The molecule has 0 aromatic heterocycles. The Balaban J connectivity index is 2.95. The average Bonchev–Trinajstić information content (AvgIpc) is 2.12. The molecule has 0 heterocycles. The van der Waals surface area contributed by atoms with Gasteiger partial charge in [-0.25, -0.2) is 8.78 Å². The van der Waals surface area contributed by atoms with E-state index in [1.807, 2.05) is 0 Å². The van der Waals surface area contributed by atoms with Gasteiger partial charge in [0.25, 0.3) is 0 Å². The number of nitrogens with two attached hydrogens (primary N) is 2. The number of nitrogen functional groups attached to an aromatic ring is 1. The highest BCUT2D eigenvalue weighted by molar-refractivity contribution is 7.85. The van der Waals surface area contributed by atoms with E-state index in [-0.39, 0.29) is 17.9 Å². The van der Waals surface area contributed by atoms with E-state index < -0.39 is 33.2 Å². The van der Waals surface area contributed by atoms with Gasteiger partial charge >= 0.3 is 0 Å². The monoisotopic (exact) mass is 248 g/mol. The Labute approximate surface area is 93.1 Å². The molecule has 0 fully saturated rings. The maximum Gasteiger partial charge on any atom is 0.218 e. The van der Waals surface area contributed by atoms with Gasteiger partial charge in [-0.15, -0.1) is 0 Å². The van der Waals surface area contributed by atoms with Gasteiger partial charge in [0, 0.05) is 17.9 Å². The van der Waals surface area contributed by atoms with Crippen LogP contribution in [-0.4, -0.2) is 15.9 Å². The number of carbonyl (C=O) groups is 1. The first-order valence-corrected chi connectivity index (χ1v) is 5.65. The minimum absolute atomic E-state index is 0.0920. The van der Waals surface area contributed by atoms with Crippen LogP contribution in [0.25, 0.3) is 0 Å². The third-order valence-electron chi connectivity index (χ3n) is 1.78. The molecule has 0 saturated heterocycles. The van der Waals surface area contributed by atoms with Gasteiger partial charge in [0.05, 0.1) is 10.8 Å². The maximum absolute atomic E-state index is 13.3. The van der Waals surface area contributed by atoms with Crippen LogP contribution in [0.3, 0.4) is 0 Å². The van der Waals surface area contributed by atoms with E-state index in [2.05, 4.69) is 0 Å². The summed E-state index contributed by atoms with van der Waals surface area (Å²) in [4.78, 5) is 9.87. The van der Waals surface area contributed by atoms with Gasteiger partial charge in [0.1, 0.15) is 16.5 Å². The molecule has 0 radical (unpaired) electrons. The lowest BCUT2D eigenvalue weighted by molar-refractivity contribution is -0.117. The molecule has 1 unspecified atom stereocenters. The number of anilines is 1. The van der Waals surface area contributed by atoms with Crippen LogP contribution in [0.4, 0.5) is 14.5 Å². The number of hydrogen-bond donors (Lipinski definition) is 2. The van der Waals surface area contributed by atoms with Crippen molar-refractivity contribution in [2.45, 2.75) is 11.3 Å². The van der Waals surface area contributed by atoms with Crippen LogP contribution in [0.2, 0.25) is 0 Å². The number of benzene rings is 1. The molecule has 1 aromatic rings. The minimum Gasteiger partial charge on any atom is -0.399 e. The van der Waals surface area contributed by atoms with Crippen molar-refractivity contribution in [2.24, 2.45) is 5.73 Å². The van der Waals surface area contributed by atoms with Crippen molar-refractivity contribution in [3.05, 3.63) is 23.8 Å². The van der Waals surface area contributed by atoms with Crippen molar-refractivity contribution < 1.29 is 17.8 Å². The first-order valence-electron chi connectivity index (χ1n) is 4.33. The van der Waals surface area contributed by atoms with Crippen molar-refractivity contribution >= 4 is 22.4 Å². The second-order valence-electron chi connectivity index (χ2n) is 3.08. The molecule has 4 nitrogen and oxygen atoms in total. The van der Waals surface area contributed by atoms with Crippen LogP contribution in [-0.2, 0) is 15.6 Å². The SMILES string of the molecule is NC(=O)CCS(=O)c1c(F)cc(N)cc1F. The number of amides is 1. The van der Waals surface area contributed by atoms with E-state index in [1.165, 1.54) is 0 Å². The third-order valence-corrected chi connectivity index (χ3v) is 3.20. The van der Waals surface area contributed by atoms with Crippen LogP contribution in [0.15, 0.2) is 17.0 Å². The molecule has 0 aliphatic rings. The second-order valence-corrected chi connectivity index (χ2v) is 4.59. The summed E-state index contributed by atoms with van der Waals surface area (Å²) in [5.41, 5.74) is 9.94. The highest BCUT2D eigenvalue weighted by Crippen LogP contribution is 2.20. The van der Waals surface area contributed by atoms with E-state index in [4.69, 9.17) is 11.5 Å². The highest BCUT2D eigenvalue weighted by atomic mass is 32.2. The molecule has 1 aromatic carbocycles. The Morgan fingerprint density at radius 3 is 2.25 bits per heavy atom. The quantitative estimate of drug-likeness (QED) is 0.762. The lowest BCUT2D eigenvalue weighted by atomic mass is 10.3. The van der Waals surface area contributed by atoms with E-state index in [1.54, 1.807) is 0 Å². The van der Waals surface area contributed by atoms with Gasteiger partial charge in [-0.3, -0.25) is 9.00 Å². The first kappa shape index (κ1) is 12.6. The predicted octanol–water partition coefficient (Wildman–Crippen LogP) is 0.530. The van der Waals surface area contributed by atoms with Crippen molar-refractivity contribution in [1.82, 2.24) is 0 Å². The van der Waals surface area contributed by atoms with Crippen molar-refractivity contribution in [3.63, 3.8) is 0 Å². The fourth-order valence-electron chi connectivity index (χ4n) is 1.09. The number of hydrogen-bond acceptors (Lipinski definition) is 3. The average molecular weight is 248 g/mol. The van der Waals surface area contributed by atoms with Gasteiger partial charge in [0.2, 0.25) is 5.91 Å². The molecule has 1 amide bonds. The zero-order chi connectivity index (χ0) is 12.3. The fraction of sp³-hybridized carbons (Fsp3) is 0.222. The smallest absolute Gasteiger partial charge is 0.218 e. The number of halogens is 2. The summed E-state index contributed by atoms with van der Waals surface area (Å²) < 4.78 is 38.0. The highest BCUT2D eigenvalue weighted by Gasteiger charge is 2.17. The molecule has 4 N–H and O–H groups in total. The molecular weight excluding hydrogens is 238 g/mol. The molecule has 0 saturated carbocycles. The summed E-state index contributed by atoms with van der Waals surface area (Å²) in [6.07, 6.45) is -0.199. The van der Waals surface area contributed by atoms with Crippen LogP contribution >= 0.6 is 0 Å². The molecular formula is C9H10F2N2O2S. The zero-order valence-electron chi connectivity index (χ0n) is 8.20. The standard InChI is InChI=1S/C9H10F2N2O2S/c10-6-3-5(12)4-7(11)9(6)16(15)2-1-8(13)14/h3-4H,1-2,12H2,(H2,13,14). The van der Waals surface area contributed by atoms with E-state index in [0.717, 1.165) is 12.1 Å². The number of carbonyl (C=O) groups excluding carboxylic acids is 1. The Kier molecular flexibility index (Phi) is 3.94. The summed E-state index contributed by atoms with van der Waals surface area (Å²) in [7, 11) is -1.94. The number of rotatable bonds is 4. The van der Waals surface area contributed by atoms with Crippen molar-refractivity contribution in [1.29, 1.82) is 0 Å². The fourth-order valence-corrected chi connectivity index (χ4v) is 2.24. The molecule has 1 rings (SSSR count). The Hall–Kier alpha value is -1.50. The molecule has 16 heavy (non-hydrogen) atoms. The molecule has 0 bridgehead atoms. The minimum atomic E-state index is -1.94. The second kappa shape index (κ2) is 5.02.